The quantitative estimate of drug-likeness (QED) is 0.723. The highest BCUT2D eigenvalue weighted by Crippen LogP contribution is 2.18. The molecule has 3 N–H and O–H groups in total. The molecular formula is C18H29NO3. The zero-order chi connectivity index (χ0) is 16.8. The topological polar surface area (TPSA) is 69.6 Å². The summed E-state index contributed by atoms with van der Waals surface area (Å²) in [7, 11) is 0. The molecule has 0 radical (unpaired) electrons. The van der Waals surface area contributed by atoms with E-state index in [0.717, 1.165) is 6.42 Å². The number of carbonyl (C=O) groups excluding carboxylic acids is 1. The minimum Gasteiger partial charge on any atom is -0.394 e. The second-order valence-corrected chi connectivity index (χ2v) is 7.11. The van der Waals surface area contributed by atoms with Crippen LogP contribution in [-0.4, -0.2) is 34.9 Å². The number of benzene rings is 1. The highest BCUT2D eigenvalue weighted by atomic mass is 16.3. The van der Waals surface area contributed by atoms with Crippen molar-refractivity contribution in [1.82, 2.24) is 5.32 Å². The van der Waals surface area contributed by atoms with E-state index in [9.17, 15) is 15.0 Å². The SMILES string of the molecule is CC(Cc1ccccc1)CC(NC(=O)C(C)(C)C)C(O)CO. The van der Waals surface area contributed by atoms with Crippen molar-refractivity contribution in [2.45, 2.75) is 52.7 Å². The molecule has 0 fully saturated rings. The van der Waals surface area contributed by atoms with Crippen LogP contribution in [0, 0.1) is 11.3 Å². The Morgan fingerprint density at radius 1 is 1.23 bits per heavy atom. The van der Waals surface area contributed by atoms with Crippen LogP contribution < -0.4 is 5.32 Å². The number of aliphatic hydroxyl groups excluding tert-OH is 2. The molecule has 0 bridgehead atoms. The Morgan fingerprint density at radius 3 is 2.32 bits per heavy atom. The molecule has 3 unspecified atom stereocenters. The van der Waals surface area contributed by atoms with Crippen molar-refractivity contribution < 1.29 is 15.0 Å². The van der Waals surface area contributed by atoms with E-state index in [-0.39, 0.29) is 18.4 Å². The van der Waals surface area contributed by atoms with Crippen molar-refractivity contribution in [2.75, 3.05) is 6.61 Å². The molecule has 4 nitrogen and oxygen atoms in total. The van der Waals surface area contributed by atoms with Crippen LogP contribution in [0.15, 0.2) is 30.3 Å². The standard InChI is InChI=1S/C18H29NO3/c1-13(10-14-8-6-5-7-9-14)11-15(16(21)12-20)19-17(22)18(2,3)4/h5-9,13,15-16,20-21H,10-12H2,1-4H3,(H,19,22). The molecule has 0 aliphatic heterocycles. The largest absolute Gasteiger partial charge is 0.394 e. The Kier molecular flexibility index (Phi) is 7.04. The maximum absolute atomic E-state index is 12.1. The minimum atomic E-state index is -0.940. The Bertz CT molecular complexity index is 453. The zero-order valence-electron chi connectivity index (χ0n) is 14.0. The van der Waals surface area contributed by atoms with Crippen LogP contribution in [0.1, 0.15) is 39.7 Å². The number of aliphatic hydroxyl groups is 2. The molecule has 0 heterocycles. The summed E-state index contributed by atoms with van der Waals surface area (Å²) in [5.74, 6) is 0.172. The number of amides is 1. The maximum Gasteiger partial charge on any atom is 0.225 e. The predicted molar refractivity (Wildman–Crippen MR) is 88.4 cm³/mol. The molecule has 0 saturated heterocycles. The lowest BCUT2D eigenvalue weighted by Gasteiger charge is -2.29. The third-order valence-electron chi connectivity index (χ3n) is 3.73. The lowest BCUT2D eigenvalue weighted by Crippen LogP contribution is -2.49. The molecule has 0 spiro atoms. The summed E-state index contributed by atoms with van der Waals surface area (Å²) in [5, 5.41) is 22.1. The fourth-order valence-corrected chi connectivity index (χ4v) is 2.36. The molecule has 124 valence electrons. The fourth-order valence-electron chi connectivity index (χ4n) is 2.36. The van der Waals surface area contributed by atoms with Crippen molar-refractivity contribution in [3.63, 3.8) is 0 Å². The summed E-state index contributed by atoms with van der Waals surface area (Å²) in [6.07, 6.45) is 0.559. The number of nitrogens with one attached hydrogen (secondary N) is 1. The van der Waals surface area contributed by atoms with Gasteiger partial charge in [-0.1, -0.05) is 58.0 Å². The van der Waals surface area contributed by atoms with E-state index in [1.807, 2.05) is 39.0 Å². The monoisotopic (exact) mass is 307 g/mol. The van der Waals surface area contributed by atoms with Gasteiger partial charge in [-0.25, -0.2) is 0 Å². The molecule has 22 heavy (non-hydrogen) atoms. The Balaban J connectivity index is 2.66. The Morgan fingerprint density at radius 2 is 1.82 bits per heavy atom. The highest BCUT2D eigenvalue weighted by molar-refractivity contribution is 5.81. The van der Waals surface area contributed by atoms with Gasteiger partial charge in [-0.3, -0.25) is 4.79 Å². The molecule has 0 aromatic heterocycles. The first-order valence-electron chi connectivity index (χ1n) is 7.88. The van der Waals surface area contributed by atoms with E-state index in [2.05, 4.69) is 24.4 Å². The number of hydrogen-bond acceptors (Lipinski definition) is 3. The predicted octanol–water partition coefficient (Wildman–Crippen LogP) is 2.14. The summed E-state index contributed by atoms with van der Waals surface area (Å²) in [6.45, 7) is 7.23. The normalized spacial score (nSPS) is 15.9. The average Bonchev–Trinajstić information content (AvgIpc) is 2.45. The van der Waals surface area contributed by atoms with Crippen LogP contribution >= 0.6 is 0 Å². The lowest BCUT2D eigenvalue weighted by molar-refractivity contribution is -0.130. The van der Waals surface area contributed by atoms with Crippen molar-refractivity contribution in [3.8, 4) is 0 Å². The van der Waals surface area contributed by atoms with Crippen LogP contribution in [0.2, 0.25) is 0 Å². The molecule has 0 aliphatic rings. The molecular weight excluding hydrogens is 278 g/mol. The fraction of sp³-hybridized carbons (Fsp3) is 0.611. The van der Waals surface area contributed by atoms with Crippen molar-refractivity contribution in [2.24, 2.45) is 11.3 Å². The first-order chi connectivity index (χ1) is 10.2. The first kappa shape index (κ1) is 18.7. The van der Waals surface area contributed by atoms with Gasteiger partial charge in [0.2, 0.25) is 5.91 Å². The molecule has 1 aromatic carbocycles. The highest BCUT2D eigenvalue weighted by Gasteiger charge is 2.28. The van der Waals surface area contributed by atoms with E-state index in [0.29, 0.717) is 6.42 Å². The molecule has 3 atom stereocenters. The minimum absolute atomic E-state index is 0.114. The van der Waals surface area contributed by atoms with Gasteiger partial charge in [-0.15, -0.1) is 0 Å². The van der Waals surface area contributed by atoms with Crippen molar-refractivity contribution in [1.29, 1.82) is 0 Å². The van der Waals surface area contributed by atoms with Gasteiger partial charge in [0.1, 0.15) is 0 Å². The van der Waals surface area contributed by atoms with Crippen molar-refractivity contribution >= 4 is 5.91 Å². The van der Waals surface area contributed by atoms with E-state index in [1.165, 1.54) is 5.56 Å². The van der Waals surface area contributed by atoms with Gasteiger partial charge >= 0.3 is 0 Å². The third kappa shape index (κ3) is 6.16. The summed E-state index contributed by atoms with van der Waals surface area (Å²) in [6, 6.07) is 9.70. The van der Waals surface area contributed by atoms with Gasteiger partial charge in [0.15, 0.2) is 0 Å². The van der Waals surface area contributed by atoms with Gasteiger partial charge < -0.3 is 15.5 Å². The summed E-state index contributed by atoms with van der Waals surface area (Å²) in [4.78, 5) is 12.1. The molecule has 4 heteroatoms. The summed E-state index contributed by atoms with van der Waals surface area (Å²) >= 11 is 0. The van der Waals surface area contributed by atoms with Crippen LogP contribution in [0.3, 0.4) is 0 Å². The smallest absolute Gasteiger partial charge is 0.225 e. The van der Waals surface area contributed by atoms with E-state index >= 15 is 0 Å². The average molecular weight is 307 g/mol. The van der Waals surface area contributed by atoms with Gasteiger partial charge in [-0.2, -0.15) is 0 Å². The lowest BCUT2D eigenvalue weighted by atomic mass is 9.90. The van der Waals surface area contributed by atoms with Crippen LogP contribution in [0.25, 0.3) is 0 Å². The first-order valence-corrected chi connectivity index (χ1v) is 7.88. The van der Waals surface area contributed by atoms with Gasteiger partial charge in [0, 0.05) is 5.41 Å². The van der Waals surface area contributed by atoms with Gasteiger partial charge in [-0.05, 0) is 24.3 Å². The van der Waals surface area contributed by atoms with Crippen LogP contribution in [0.5, 0.6) is 0 Å². The van der Waals surface area contributed by atoms with Gasteiger partial charge in [0.25, 0.3) is 0 Å². The van der Waals surface area contributed by atoms with E-state index < -0.39 is 17.6 Å². The van der Waals surface area contributed by atoms with E-state index in [4.69, 9.17) is 0 Å². The number of hydrogen-bond donors (Lipinski definition) is 3. The van der Waals surface area contributed by atoms with Crippen LogP contribution in [0.4, 0.5) is 0 Å². The zero-order valence-corrected chi connectivity index (χ0v) is 14.0. The van der Waals surface area contributed by atoms with Crippen LogP contribution in [-0.2, 0) is 11.2 Å². The molecule has 0 saturated carbocycles. The summed E-state index contributed by atoms with van der Waals surface area (Å²) < 4.78 is 0. The maximum atomic E-state index is 12.1. The Hall–Kier alpha value is -1.39. The third-order valence-corrected chi connectivity index (χ3v) is 3.73. The second-order valence-electron chi connectivity index (χ2n) is 7.11. The van der Waals surface area contributed by atoms with E-state index in [1.54, 1.807) is 0 Å². The second kappa shape index (κ2) is 8.30. The molecule has 1 rings (SSSR count). The molecule has 1 aromatic rings. The number of rotatable bonds is 7. The molecule has 0 aliphatic carbocycles. The summed E-state index contributed by atoms with van der Waals surface area (Å²) in [5.41, 5.74) is 0.713. The van der Waals surface area contributed by atoms with Gasteiger partial charge in [0.05, 0.1) is 18.8 Å². The Labute approximate surface area is 133 Å². The number of carbonyl (C=O) groups is 1. The molecule has 1 amide bonds. The van der Waals surface area contributed by atoms with Crippen molar-refractivity contribution in [3.05, 3.63) is 35.9 Å².